The number of rotatable bonds is 6. The molecule has 0 bridgehead atoms. The third-order valence-electron chi connectivity index (χ3n) is 6.18. The Hall–Kier alpha value is -1.68. The number of nitrogens with zero attached hydrogens (tertiary/aromatic N) is 3. The smallest absolute Gasteiger partial charge is 0.194 e. The average Bonchev–Trinajstić information content (AvgIpc) is 2.84. The molecule has 2 aliphatic rings. The van der Waals surface area contributed by atoms with Crippen LogP contribution >= 0.6 is 24.0 Å². The first-order chi connectivity index (χ1) is 15.7. The normalized spacial score (nSPS) is 19.8. The van der Waals surface area contributed by atoms with Gasteiger partial charge in [-0.3, -0.25) is 4.90 Å². The topological polar surface area (TPSA) is 49.3 Å². The molecule has 0 saturated carbocycles. The third-order valence-corrected chi connectivity index (χ3v) is 6.18. The number of hydrogen-bond donors (Lipinski definition) is 1. The number of benzene rings is 2. The van der Waals surface area contributed by atoms with E-state index in [1.807, 2.05) is 0 Å². The maximum absolute atomic E-state index is 6.11. The zero-order valence-electron chi connectivity index (χ0n) is 19.8. The number of guanidine groups is 1. The van der Waals surface area contributed by atoms with Crippen molar-refractivity contribution in [3.8, 4) is 0 Å². The molecular weight excluding hydrogens is 527 g/mol. The minimum Gasteiger partial charge on any atom is -0.379 e. The van der Waals surface area contributed by atoms with Gasteiger partial charge in [0.1, 0.15) is 6.10 Å². The lowest BCUT2D eigenvalue weighted by Gasteiger charge is -2.35. The van der Waals surface area contributed by atoms with E-state index in [1.54, 1.807) is 0 Å². The van der Waals surface area contributed by atoms with Gasteiger partial charge in [0, 0.05) is 32.7 Å². The van der Waals surface area contributed by atoms with E-state index in [1.165, 1.54) is 22.3 Å². The Morgan fingerprint density at radius 1 is 1.00 bits per heavy atom. The lowest BCUT2D eigenvalue weighted by Crippen LogP contribution is -2.48. The highest BCUT2D eigenvalue weighted by atomic mass is 127. The number of morpholine rings is 2. The van der Waals surface area contributed by atoms with E-state index in [-0.39, 0.29) is 30.1 Å². The predicted octanol–water partition coefficient (Wildman–Crippen LogP) is 3.98. The maximum Gasteiger partial charge on any atom is 0.194 e. The lowest BCUT2D eigenvalue weighted by atomic mass is 10.0. The van der Waals surface area contributed by atoms with Crippen LogP contribution in [-0.4, -0.2) is 68.3 Å². The van der Waals surface area contributed by atoms with Crippen molar-refractivity contribution in [3.05, 3.63) is 70.8 Å². The number of ether oxygens (including phenoxy) is 2. The summed E-state index contributed by atoms with van der Waals surface area (Å²) in [7, 11) is 0. The summed E-state index contributed by atoms with van der Waals surface area (Å²) in [5.74, 6) is 0.965. The number of aliphatic imine (C=N–C) groups is 1. The molecule has 2 aromatic rings. The summed E-state index contributed by atoms with van der Waals surface area (Å²) in [4.78, 5) is 9.73. The standard InChI is InChI=1S/C26H36N4O2.HI/c1-3-27-26(30-14-17-32-25(20-30)24-7-5-4-6-21(24)2)28-18-22-8-10-23(11-9-22)19-29-12-15-31-16-13-29;/h4-11,25H,3,12-20H2,1-2H3,(H,27,28);1H. The molecular formula is C26H37IN4O2. The molecule has 1 N–H and O–H groups in total. The summed E-state index contributed by atoms with van der Waals surface area (Å²) in [5.41, 5.74) is 5.12. The van der Waals surface area contributed by atoms with Crippen LogP contribution in [0.2, 0.25) is 0 Å². The molecule has 2 heterocycles. The molecule has 0 radical (unpaired) electrons. The highest BCUT2D eigenvalue weighted by Crippen LogP contribution is 2.25. The van der Waals surface area contributed by atoms with E-state index in [2.05, 4.69) is 77.5 Å². The van der Waals surface area contributed by atoms with E-state index in [0.717, 1.165) is 58.4 Å². The van der Waals surface area contributed by atoms with Crippen LogP contribution in [0.4, 0.5) is 0 Å². The first-order valence-corrected chi connectivity index (χ1v) is 11.8. The molecule has 33 heavy (non-hydrogen) atoms. The second kappa shape index (κ2) is 13.3. The van der Waals surface area contributed by atoms with Crippen LogP contribution in [0.25, 0.3) is 0 Å². The van der Waals surface area contributed by atoms with E-state index in [4.69, 9.17) is 14.5 Å². The quantitative estimate of drug-likeness (QED) is 0.327. The van der Waals surface area contributed by atoms with Crippen LogP contribution in [0.5, 0.6) is 0 Å². The highest BCUT2D eigenvalue weighted by Gasteiger charge is 2.25. The van der Waals surface area contributed by atoms with Gasteiger partial charge in [-0.05, 0) is 36.1 Å². The van der Waals surface area contributed by atoms with Crippen molar-refractivity contribution < 1.29 is 9.47 Å². The molecule has 2 aliphatic heterocycles. The second-order valence-electron chi connectivity index (χ2n) is 8.54. The van der Waals surface area contributed by atoms with Crippen LogP contribution in [0, 0.1) is 6.92 Å². The van der Waals surface area contributed by atoms with Crippen LogP contribution in [0.15, 0.2) is 53.5 Å². The van der Waals surface area contributed by atoms with Crippen LogP contribution in [0.1, 0.15) is 35.3 Å². The Kier molecular flexibility index (Phi) is 10.4. The molecule has 1 atom stereocenters. The van der Waals surface area contributed by atoms with Crippen molar-refractivity contribution in [2.45, 2.75) is 33.0 Å². The highest BCUT2D eigenvalue weighted by molar-refractivity contribution is 14.0. The SMILES string of the molecule is CCNC(=NCc1ccc(CN2CCOCC2)cc1)N1CCOC(c2ccccc2C)C1.I. The third kappa shape index (κ3) is 7.40. The van der Waals surface area contributed by atoms with Gasteiger partial charge in [0.05, 0.1) is 32.9 Å². The van der Waals surface area contributed by atoms with Crippen molar-refractivity contribution in [3.63, 3.8) is 0 Å². The number of nitrogens with one attached hydrogen (secondary N) is 1. The van der Waals surface area contributed by atoms with Crippen molar-refractivity contribution in [1.82, 2.24) is 15.1 Å². The van der Waals surface area contributed by atoms with Crippen molar-refractivity contribution in [1.29, 1.82) is 0 Å². The summed E-state index contributed by atoms with van der Waals surface area (Å²) in [5, 5.41) is 3.48. The zero-order chi connectivity index (χ0) is 22.2. The fourth-order valence-electron chi connectivity index (χ4n) is 4.34. The van der Waals surface area contributed by atoms with Gasteiger partial charge in [0.2, 0.25) is 0 Å². The van der Waals surface area contributed by atoms with Gasteiger partial charge in [0.25, 0.3) is 0 Å². The van der Waals surface area contributed by atoms with Crippen molar-refractivity contribution >= 4 is 29.9 Å². The molecule has 2 saturated heterocycles. The summed E-state index contributed by atoms with van der Waals surface area (Å²) in [6.07, 6.45) is 0.0771. The van der Waals surface area contributed by atoms with Gasteiger partial charge >= 0.3 is 0 Å². The first kappa shape index (κ1) is 25.9. The largest absolute Gasteiger partial charge is 0.379 e. The Bertz CT molecular complexity index is 884. The molecule has 2 aromatic carbocycles. The van der Waals surface area contributed by atoms with E-state index >= 15 is 0 Å². The minimum atomic E-state index is 0. The molecule has 2 fully saturated rings. The van der Waals surface area contributed by atoms with Gasteiger partial charge in [0.15, 0.2) is 5.96 Å². The number of halogens is 1. The Morgan fingerprint density at radius 2 is 1.73 bits per heavy atom. The molecule has 0 aromatic heterocycles. The van der Waals surface area contributed by atoms with E-state index in [9.17, 15) is 0 Å². The summed E-state index contributed by atoms with van der Waals surface area (Å²) in [6, 6.07) is 17.4. The molecule has 4 rings (SSSR count). The fraction of sp³-hybridized carbons (Fsp3) is 0.500. The summed E-state index contributed by atoms with van der Waals surface area (Å²) in [6.45, 7) is 12.9. The van der Waals surface area contributed by atoms with E-state index < -0.39 is 0 Å². The van der Waals surface area contributed by atoms with E-state index in [0.29, 0.717) is 13.2 Å². The average molecular weight is 565 g/mol. The molecule has 0 spiro atoms. The molecule has 1 unspecified atom stereocenters. The summed E-state index contributed by atoms with van der Waals surface area (Å²) >= 11 is 0. The molecule has 0 aliphatic carbocycles. The molecule has 6 nitrogen and oxygen atoms in total. The van der Waals surface area contributed by atoms with Crippen LogP contribution in [0.3, 0.4) is 0 Å². The minimum absolute atomic E-state index is 0. The first-order valence-electron chi connectivity index (χ1n) is 11.8. The number of hydrogen-bond acceptors (Lipinski definition) is 4. The zero-order valence-corrected chi connectivity index (χ0v) is 22.2. The number of aryl methyl sites for hydroxylation is 1. The Balaban J connectivity index is 0.00000306. The van der Waals surface area contributed by atoms with Gasteiger partial charge in [-0.25, -0.2) is 4.99 Å². The van der Waals surface area contributed by atoms with Gasteiger partial charge in [-0.1, -0.05) is 48.5 Å². The van der Waals surface area contributed by atoms with Crippen molar-refractivity contribution in [2.24, 2.45) is 4.99 Å². The fourth-order valence-corrected chi connectivity index (χ4v) is 4.34. The summed E-state index contributed by atoms with van der Waals surface area (Å²) < 4.78 is 11.5. The van der Waals surface area contributed by atoms with Crippen LogP contribution in [-0.2, 0) is 22.6 Å². The molecule has 180 valence electrons. The molecule has 0 amide bonds. The maximum atomic E-state index is 6.11. The monoisotopic (exact) mass is 564 g/mol. The Morgan fingerprint density at radius 3 is 2.45 bits per heavy atom. The van der Waals surface area contributed by atoms with Crippen molar-refractivity contribution in [2.75, 3.05) is 52.5 Å². The van der Waals surface area contributed by atoms with Crippen LogP contribution < -0.4 is 5.32 Å². The van der Waals surface area contributed by atoms with Gasteiger partial charge < -0.3 is 19.7 Å². The predicted molar refractivity (Wildman–Crippen MR) is 144 cm³/mol. The molecule has 7 heteroatoms. The van der Waals surface area contributed by atoms with Gasteiger partial charge in [-0.2, -0.15) is 0 Å². The Labute approximate surface area is 215 Å². The lowest BCUT2D eigenvalue weighted by molar-refractivity contribution is -0.00834. The second-order valence-corrected chi connectivity index (χ2v) is 8.54. The van der Waals surface area contributed by atoms with Gasteiger partial charge in [-0.15, -0.1) is 24.0 Å².